The van der Waals surface area contributed by atoms with Crippen molar-refractivity contribution >= 4 is 23.2 Å². The van der Waals surface area contributed by atoms with E-state index in [-0.39, 0.29) is 11.4 Å². The molecule has 0 aliphatic carbocycles. The molecule has 1 saturated heterocycles. The summed E-state index contributed by atoms with van der Waals surface area (Å²) in [6.45, 7) is 3.85. The maximum atomic E-state index is 11.0. The Morgan fingerprint density at radius 3 is 2.60 bits per heavy atom. The predicted molar refractivity (Wildman–Crippen MR) is 41.7 cm³/mol. The van der Waals surface area contributed by atoms with Crippen molar-refractivity contribution in [3.05, 3.63) is 0 Å². The molecule has 3 heteroatoms. The standard InChI is InChI=1S/C7H10O2S/c1-3-7(2)4-5(10)9-6(7)8/h3-4H2,1-2H3. The minimum atomic E-state index is -0.336. The summed E-state index contributed by atoms with van der Waals surface area (Å²) in [4.78, 5) is 11.0. The van der Waals surface area contributed by atoms with Gasteiger partial charge in [0.25, 0.3) is 0 Å². The van der Waals surface area contributed by atoms with Crippen LogP contribution in [0.3, 0.4) is 0 Å². The largest absolute Gasteiger partial charge is 0.419 e. The summed E-state index contributed by atoms with van der Waals surface area (Å²) in [5.74, 6) is -0.167. The maximum Gasteiger partial charge on any atom is 0.318 e. The first-order chi connectivity index (χ1) is 4.58. The van der Waals surface area contributed by atoms with Gasteiger partial charge >= 0.3 is 5.97 Å². The molecule has 0 N–H and O–H groups in total. The van der Waals surface area contributed by atoms with Gasteiger partial charge < -0.3 is 4.74 Å². The lowest BCUT2D eigenvalue weighted by Crippen LogP contribution is -2.20. The highest BCUT2D eigenvalue weighted by atomic mass is 32.1. The highest BCUT2D eigenvalue weighted by molar-refractivity contribution is 7.80. The molecule has 0 radical (unpaired) electrons. The van der Waals surface area contributed by atoms with E-state index in [0.717, 1.165) is 6.42 Å². The molecule has 1 aliphatic rings. The van der Waals surface area contributed by atoms with Gasteiger partial charge in [-0.1, -0.05) is 6.92 Å². The molecule has 0 aromatic rings. The Labute approximate surface area is 65.6 Å². The summed E-state index contributed by atoms with van der Waals surface area (Å²) in [6, 6.07) is 0. The second-order valence-corrected chi connectivity index (χ2v) is 3.31. The minimum absolute atomic E-state index is 0.167. The molecule has 56 valence electrons. The van der Waals surface area contributed by atoms with Crippen LogP contribution in [0.25, 0.3) is 0 Å². The average molecular weight is 158 g/mol. The number of thiocarbonyl (C=S) groups is 1. The van der Waals surface area contributed by atoms with Gasteiger partial charge in [0, 0.05) is 6.42 Å². The predicted octanol–water partition coefficient (Wildman–Crippen LogP) is 1.68. The Bertz CT molecular complexity index is 188. The molecule has 0 amide bonds. The summed E-state index contributed by atoms with van der Waals surface area (Å²) in [5, 5.41) is 0.439. The molecule has 1 unspecified atom stereocenters. The lowest BCUT2D eigenvalue weighted by atomic mass is 9.86. The van der Waals surface area contributed by atoms with Gasteiger partial charge in [0.1, 0.15) is 0 Å². The Kier molecular flexibility index (Phi) is 1.77. The molecular formula is C7H10O2S. The van der Waals surface area contributed by atoms with E-state index in [2.05, 4.69) is 0 Å². The minimum Gasteiger partial charge on any atom is -0.419 e. The van der Waals surface area contributed by atoms with Crippen LogP contribution in [0.4, 0.5) is 0 Å². The van der Waals surface area contributed by atoms with Crippen LogP contribution < -0.4 is 0 Å². The highest BCUT2D eigenvalue weighted by Crippen LogP contribution is 2.33. The first-order valence-electron chi connectivity index (χ1n) is 3.33. The Balaban J connectivity index is 2.80. The number of rotatable bonds is 1. The van der Waals surface area contributed by atoms with Crippen LogP contribution in [-0.4, -0.2) is 11.0 Å². The first kappa shape index (κ1) is 7.66. The van der Waals surface area contributed by atoms with E-state index < -0.39 is 0 Å². The van der Waals surface area contributed by atoms with Crippen LogP contribution in [0, 0.1) is 5.41 Å². The zero-order valence-corrected chi connectivity index (χ0v) is 6.96. The number of hydrogen-bond donors (Lipinski definition) is 0. The summed E-state index contributed by atoms with van der Waals surface area (Å²) in [6.07, 6.45) is 1.41. The molecule has 10 heavy (non-hydrogen) atoms. The van der Waals surface area contributed by atoms with Crippen molar-refractivity contribution in [2.75, 3.05) is 0 Å². The van der Waals surface area contributed by atoms with Crippen molar-refractivity contribution in [3.8, 4) is 0 Å². The maximum absolute atomic E-state index is 11.0. The smallest absolute Gasteiger partial charge is 0.318 e. The molecule has 0 aromatic heterocycles. The van der Waals surface area contributed by atoms with Gasteiger partial charge in [-0.05, 0) is 25.6 Å². The summed E-state index contributed by atoms with van der Waals surface area (Å²) < 4.78 is 4.76. The zero-order chi connectivity index (χ0) is 7.78. The number of hydrogen-bond acceptors (Lipinski definition) is 3. The number of carbonyl (C=O) groups is 1. The Hall–Kier alpha value is -0.440. The Morgan fingerprint density at radius 1 is 1.80 bits per heavy atom. The number of cyclic esters (lactones) is 1. The van der Waals surface area contributed by atoms with Crippen molar-refractivity contribution < 1.29 is 9.53 Å². The van der Waals surface area contributed by atoms with Crippen LogP contribution in [0.5, 0.6) is 0 Å². The van der Waals surface area contributed by atoms with E-state index in [1.807, 2.05) is 13.8 Å². The zero-order valence-electron chi connectivity index (χ0n) is 6.14. The molecule has 0 saturated carbocycles. The molecule has 1 heterocycles. The van der Waals surface area contributed by atoms with E-state index in [0.29, 0.717) is 11.5 Å². The third kappa shape index (κ3) is 1.06. The number of esters is 1. The highest BCUT2D eigenvalue weighted by Gasteiger charge is 2.41. The van der Waals surface area contributed by atoms with E-state index in [4.69, 9.17) is 17.0 Å². The van der Waals surface area contributed by atoms with Crippen molar-refractivity contribution in [2.45, 2.75) is 26.7 Å². The first-order valence-corrected chi connectivity index (χ1v) is 3.74. The van der Waals surface area contributed by atoms with Crippen LogP contribution in [0.1, 0.15) is 26.7 Å². The molecule has 0 spiro atoms. The lowest BCUT2D eigenvalue weighted by molar-refractivity contribution is -0.141. The fraction of sp³-hybridized carbons (Fsp3) is 0.714. The summed E-state index contributed by atoms with van der Waals surface area (Å²) >= 11 is 4.77. The third-order valence-electron chi connectivity index (χ3n) is 2.01. The number of carbonyl (C=O) groups excluding carboxylic acids is 1. The van der Waals surface area contributed by atoms with Gasteiger partial charge in [-0.15, -0.1) is 0 Å². The van der Waals surface area contributed by atoms with Gasteiger partial charge in [0.15, 0.2) is 5.05 Å². The van der Waals surface area contributed by atoms with Crippen LogP contribution in [0.2, 0.25) is 0 Å². The Morgan fingerprint density at radius 2 is 2.40 bits per heavy atom. The average Bonchev–Trinajstić information content (AvgIpc) is 2.09. The molecule has 1 fully saturated rings. The van der Waals surface area contributed by atoms with Crippen molar-refractivity contribution in [2.24, 2.45) is 5.41 Å². The van der Waals surface area contributed by atoms with Crippen LogP contribution in [0.15, 0.2) is 0 Å². The van der Waals surface area contributed by atoms with E-state index in [9.17, 15) is 4.79 Å². The second kappa shape index (κ2) is 2.31. The molecule has 1 rings (SSSR count). The number of ether oxygens (including phenoxy) is 1. The fourth-order valence-corrected chi connectivity index (χ4v) is 1.32. The van der Waals surface area contributed by atoms with Gasteiger partial charge in [0.2, 0.25) is 0 Å². The van der Waals surface area contributed by atoms with Gasteiger partial charge in [-0.3, -0.25) is 4.79 Å². The quantitative estimate of drug-likeness (QED) is 0.429. The van der Waals surface area contributed by atoms with Crippen molar-refractivity contribution in [1.82, 2.24) is 0 Å². The van der Waals surface area contributed by atoms with Crippen molar-refractivity contribution in [3.63, 3.8) is 0 Å². The second-order valence-electron chi connectivity index (χ2n) is 2.85. The van der Waals surface area contributed by atoms with Gasteiger partial charge in [-0.25, -0.2) is 0 Å². The normalized spacial score (nSPS) is 32.6. The van der Waals surface area contributed by atoms with E-state index in [1.54, 1.807) is 0 Å². The summed E-state index contributed by atoms with van der Waals surface area (Å²) in [5.41, 5.74) is -0.336. The summed E-state index contributed by atoms with van der Waals surface area (Å²) in [7, 11) is 0. The molecule has 1 atom stereocenters. The lowest BCUT2D eigenvalue weighted by Gasteiger charge is -2.13. The molecule has 0 bridgehead atoms. The molecular weight excluding hydrogens is 148 g/mol. The van der Waals surface area contributed by atoms with E-state index in [1.165, 1.54) is 0 Å². The molecule has 1 aliphatic heterocycles. The monoisotopic (exact) mass is 158 g/mol. The third-order valence-corrected chi connectivity index (χ3v) is 2.24. The van der Waals surface area contributed by atoms with Crippen LogP contribution >= 0.6 is 12.2 Å². The molecule has 0 aromatic carbocycles. The van der Waals surface area contributed by atoms with Crippen LogP contribution in [-0.2, 0) is 9.53 Å². The molecule has 2 nitrogen and oxygen atoms in total. The topological polar surface area (TPSA) is 26.3 Å². The van der Waals surface area contributed by atoms with Gasteiger partial charge in [-0.2, -0.15) is 0 Å². The van der Waals surface area contributed by atoms with Gasteiger partial charge in [0.05, 0.1) is 5.41 Å². The fourth-order valence-electron chi connectivity index (χ4n) is 0.923. The SMILES string of the molecule is CCC1(C)CC(=S)OC1=O. The van der Waals surface area contributed by atoms with E-state index >= 15 is 0 Å². The van der Waals surface area contributed by atoms with Crippen molar-refractivity contribution in [1.29, 1.82) is 0 Å².